The van der Waals surface area contributed by atoms with Crippen LogP contribution in [0.1, 0.15) is 33.1 Å². The minimum atomic E-state index is -0.452. The monoisotopic (exact) mass is 482 g/mol. The number of aliphatic hydroxyl groups excluding tert-OH is 1. The molecule has 0 unspecified atom stereocenters. The SMILES string of the molecule is C[C@H]1CN([C@@]2(C)COC[C@H]2O)CCN1c1cc2c(cnn2-c2cnn(C34CC(C3)C4)c2)cc1Cl. The van der Waals surface area contributed by atoms with Crippen LogP contribution in [0.15, 0.2) is 30.7 Å². The van der Waals surface area contributed by atoms with E-state index < -0.39 is 6.10 Å². The number of anilines is 1. The molecule has 180 valence electrons. The number of aromatic nitrogens is 4. The van der Waals surface area contributed by atoms with E-state index >= 15 is 0 Å². The second-order valence-corrected chi connectivity index (χ2v) is 11.5. The zero-order valence-electron chi connectivity index (χ0n) is 19.7. The lowest BCUT2D eigenvalue weighted by molar-refractivity contribution is -0.0977. The van der Waals surface area contributed by atoms with Crippen molar-refractivity contribution in [2.45, 2.75) is 56.3 Å². The van der Waals surface area contributed by atoms with Gasteiger partial charge in [-0.1, -0.05) is 11.6 Å². The van der Waals surface area contributed by atoms with Gasteiger partial charge in [0.15, 0.2) is 0 Å². The van der Waals surface area contributed by atoms with Gasteiger partial charge in [-0.15, -0.1) is 0 Å². The van der Waals surface area contributed by atoms with Gasteiger partial charge < -0.3 is 14.7 Å². The molecule has 5 fully saturated rings. The van der Waals surface area contributed by atoms with Gasteiger partial charge in [-0.25, -0.2) is 4.68 Å². The number of piperazine rings is 1. The summed E-state index contributed by atoms with van der Waals surface area (Å²) in [7, 11) is 0. The highest BCUT2D eigenvalue weighted by atomic mass is 35.5. The smallest absolute Gasteiger partial charge is 0.103 e. The van der Waals surface area contributed by atoms with Crippen LogP contribution in [-0.2, 0) is 10.3 Å². The average molecular weight is 483 g/mol. The Kier molecular flexibility index (Phi) is 4.48. The first-order valence-corrected chi connectivity index (χ1v) is 12.7. The number of aliphatic hydroxyl groups is 1. The van der Waals surface area contributed by atoms with Crippen LogP contribution in [0.25, 0.3) is 16.6 Å². The molecule has 4 heterocycles. The molecule has 2 bridgehead atoms. The van der Waals surface area contributed by atoms with Crippen molar-refractivity contribution in [2.24, 2.45) is 5.92 Å². The second-order valence-electron chi connectivity index (χ2n) is 11.1. The van der Waals surface area contributed by atoms with Gasteiger partial charge in [0.05, 0.1) is 65.2 Å². The molecule has 2 aliphatic heterocycles. The van der Waals surface area contributed by atoms with Crippen LogP contribution in [0.2, 0.25) is 5.02 Å². The number of hydrogen-bond donors (Lipinski definition) is 1. The molecule has 8 rings (SSSR count). The first-order valence-electron chi connectivity index (χ1n) is 12.4. The van der Waals surface area contributed by atoms with E-state index in [-0.39, 0.29) is 17.1 Å². The maximum absolute atomic E-state index is 10.5. The molecule has 9 heteroatoms. The fourth-order valence-electron chi connectivity index (χ4n) is 6.59. The molecule has 8 nitrogen and oxygen atoms in total. The van der Waals surface area contributed by atoms with Crippen LogP contribution in [0.5, 0.6) is 0 Å². The fraction of sp³-hybridized carbons (Fsp3) is 0.600. The minimum absolute atomic E-state index is 0.247. The Hall–Kier alpha value is -2.13. The van der Waals surface area contributed by atoms with E-state index in [1.807, 2.05) is 23.1 Å². The predicted molar refractivity (Wildman–Crippen MR) is 131 cm³/mol. The third-order valence-electron chi connectivity index (χ3n) is 8.99. The molecule has 2 saturated heterocycles. The molecule has 1 N–H and O–H groups in total. The van der Waals surface area contributed by atoms with Crippen LogP contribution >= 0.6 is 11.6 Å². The summed E-state index contributed by atoms with van der Waals surface area (Å²) in [6, 6.07) is 4.44. The van der Waals surface area contributed by atoms with Crippen LogP contribution in [0, 0.1) is 5.92 Å². The summed E-state index contributed by atoms with van der Waals surface area (Å²) in [6.07, 6.45) is 9.30. The number of halogens is 1. The average Bonchev–Trinajstić information content (AvgIpc) is 3.45. The van der Waals surface area contributed by atoms with Gasteiger partial charge in [0, 0.05) is 31.1 Å². The third kappa shape index (κ3) is 2.89. The summed E-state index contributed by atoms with van der Waals surface area (Å²) in [6.45, 7) is 7.86. The largest absolute Gasteiger partial charge is 0.389 e. The second kappa shape index (κ2) is 7.20. The highest BCUT2D eigenvalue weighted by molar-refractivity contribution is 6.34. The van der Waals surface area contributed by atoms with Crippen molar-refractivity contribution in [1.82, 2.24) is 24.5 Å². The fourth-order valence-corrected chi connectivity index (χ4v) is 6.87. The molecular formula is C25H31ClN6O2. The maximum Gasteiger partial charge on any atom is 0.103 e. The number of fused-ring (bicyclic) bond motifs is 1. The van der Waals surface area contributed by atoms with Gasteiger partial charge in [-0.05, 0) is 51.2 Å². The lowest BCUT2D eigenvalue weighted by Crippen LogP contribution is -2.63. The number of rotatable bonds is 4. The number of ether oxygens (including phenoxy) is 1. The zero-order valence-corrected chi connectivity index (χ0v) is 20.4. The molecule has 3 aromatic rings. The van der Waals surface area contributed by atoms with Gasteiger partial charge in [-0.2, -0.15) is 10.2 Å². The Bertz CT molecular complexity index is 1250. The van der Waals surface area contributed by atoms with Crippen molar-refractivity contribution in [3.63, 3.8) is 0 Å². The molecule has 2 aromatic heterocycles. The topological polar surface area (TPSA) is 71.6 Å². The van der Waals surface area contributed by atoms with Crippen molar-refractivity contribution in [3.8, 4) is 5.69 Å². The lowest BCUT2D eigenvalue weighted by Gasteiger charge is -2.61. The molecule has 0 amide bonds. The molecule has 5 aliphatic rings. The van der Waals surface area contributed by atoms with Crippen LogP contribution in [0.4, 0.5) is 5.69 Å². The maximum atomic E-state index is 10.5. The van der Waals surface area contributed by atoms with Crippen molar-refractivity contribution in [3.05, 3.63) is 35.7 Å². The Labute approximate surface area is 204 Å². The lowest BCUT2D eigenvalue weighted by atomic mass is 9.50. The van der Waals surface area contributed by atoms with E-state index in [4.69, 9.17) is 21.4 Å². The summed E-state index contributed by atoms with van der Waals surface area (Å²) in [5.74, 6) is 0.914. The third-order valence-corrected chi connectivity index (χ3v) is 9.29. The minimum Gasteiger partial charge on any atom is -0.389 e. The Morgan fingerprint density at radius 3 is 2.65 bits per heavy atom. The molecule has 0 spiro atoms. The number of nitrogens with zero attached hydrogens (tertiary/aromatic N) is 6. The Balaban J connectivity index is 1.18. The highest BCUT2D eigenvalue weighted by Gasteiger charge is 2.58. The summed E-state index contributed by atoms with van der Waals surface area (Å²) < 4.78 is 9.73. The molecule has 3 atom stereocenters. The highest BCUT2D eigenvalue weighted by Crippen LogP contribution is 2.62. The molecule has 1 aromatic carbocycles. The Morgan fingerprint density at radius 2 is 1.97 bits per heavy atom. The van der Waals surface area contributed by atoms with E-state index in [9.17, 15) is 5.11 Å². The molecule has 3 aliphatic carbocycles. The van der Waals surface area contributed by atoms with Gasteiger partial charge in [0.2, 0.25) is 0 Å². The summed E-state index contributed by atoms with van der Waals surface area (Å²) >= 11 is 6.80. The van der Waals surface area contributed by atoms with Crippen molar-refractivity contribution in [1.29, 1.82) is 0 Å². The van der Waals surface area contributed by atoms with Crippen LogP contribution in [0.3, 0.4) is 0 Å². The van der Waals surface area contributed by atoms with Crippen molar-refractivity contribution < 1.29 is 9.84 Å². The molecular weight excluding hydrogens is 452 g/mol. The van der Waals surface area contributed by atoms with Crippen LogP contribution in [-0.4, -0.2) is 80.1 Å². The van der Waals surface area contributed by atoms with E-state index in [1.165, 1.54) is 19.3 Å². The summed E-state index contributed by atoms with van der Waals surface area (Å²) in [4.78, 5) is 4.76. The predicted octanol–water partition coefficient (Wildman–Crippen LogP) is 3.04. The van der Waals surface area contributed by atoms with Gasteiger partial charge >= 0.3 is 0 Å². The quantitative estimate of drug-likeness (QED) is 0.616. The first kappa shape index (κ1) is 21.2. The van der Waals surface area contributed by atoms with E-state index in [1.54, 1.807) is 0 Å². The number of benzene rings is 1. The van der Waals surface area contributed by atoms with E-state index in [0.717, 1.165) is 52.9 Å². The first-order chi connectivity index (χ1) is 16.4. The summed E-state index contributed by atoms with van der Waals surface area (Å²) in [5, 5.41) is 21.6. The van der Waals surface area contributed by atoms with Crippen LogP contribution < -0.4 is 4.90 Å². The zero-order chi connectivity index (χ0) is 23.2. The molecule has 34 heavy (non-hydrogen) atoms. The Morgan fingerprint density at radius 1 is 1.15 bits per heavy atom. The standard InChI is InChI=1S/C25H31ClN6O2/c1-16-12-29(24(2)15-34-14-23(24)33)3-4-30(16)22-6-21-18(5-20(22)26)10-28-32(21)19-11-27-31(13-19)25-7-17(8-25)9-25/h5-6,10-11,13,16-17,23,33H,3-4,7-9,12,14-15H2,1-2H3/t16-,17?,23+,24-,25?/m0/s1. The van der Waals surface area contributed by atoms with Gasteiger partial charge in [-0.3, -0.25) is 9.58 Å². The molecule has 0 radical (unpaired) electrons. The van der Waals surface area contributed by atoms with Gasteiger partial charge in [0.1, 0.15) is 5.69 Å². The number of hydrogen-bond acceptors (Lipinski definition) is 6. The van der Waals surface area contributed by atoms with Crippen molar-refractivity contribution >= 4 is 28.2 Å². The van der Waals surface area contributed by atoms with E-state index in [2.05, 4.69) is 45.7 Å². The van der Waals surface area contributed by atoms with Gasteiger partial charge in [0.25, 0.3) is 0 Å². The van der Waals surface area contributed by atoms with Crippen molar-refractivity contribution in [2.75, 3.05) is 37.7 Å². The molecule has 3 saturated carbocycles. The summed E-state index contributed by atoms with van der Waals surface area (Å²) in [5.41, 5.74) is 3.01. The normalized spacial score (nSPS) is 35.5. The van der Waals surface area contributed by atoms with E-state index in [0.29, 0.717) is 13.2 Å².